The van der Waals surface area contributed by atoms with Gasteiger partial charge in [-0.25, -0.2) is 0 Å². The number of hydrogen-bond acceptors (Lipinski definition) is 4. The van der Waals surface area contributed by atoms with E-state index in [-0.39, 0.29) is 17.2 Å². The van der Waals surface area contributed by atoms with Crippen molar-refractivity contribution in [3.8, 4) is 11.5 Å². The van der Waals surface area contributed by atoms with Crippen molar-refractivity contribution in [1.29, 1.82) is 0 Å². The molecule has 2 unspecified atom stereocenters. The largest absolute Gasteiger partial charge is 0.493 e. The minimum absolute atomic E-state index is 0.0655. The second-order valence-electron chi connectivity index (χ2n) is 4.98. The summed E-state index contributed by atoms with van der Waals surface area (Å²) < 4.78 is 10.5. The van der Waals surface area contributed by atoms with Crippen molar-refractivity contribution >= 4 is 17.7 Å². The zero-order valence-electron chi connectivity index (χ0n) is 13.4. The van der Waals surface area contributed by atoms with Crippen LogP contribution in [-0.4, -0.2) is 31.4 Å². The number of methoxy groups -OCH3 is 2. The third-order valence-electron chi connectivity index (χ3n) is 3.15. The molecule has 0 fully saturated rings. The molecule has 4 nitrogen and oxygen atoms in total. The molecule has 0 heterocycles. The number of nitrogens with one attached hydrogen (secondary N) is 1. The Kier molecular flexibility index (Phi) is 7.43. The molecule has 21 heavy (non-hydrogen) atoms. The predicted octanol–water partition coefficient (Wildman–Crippen LogP) is 3.49. The highest BCUT2D eigenvalue weighted by molar-refractivity contribution is 8.00. The van der Waals surface area contributed by atoms with Crippen LogP contribution in [-0.2, 0) is 4.79 Å². The maximum atomic E-state index is 12.1. The summed E-state index contributed by atoms with van der Waals surface area (Å²) >= 11 is 1.51. The fourth-order valence-corrected chi connectivity index (χ4v) is 2.92. The van der Waals surface area contributed by atoms with Crippen molar-refractivity contribution in [3.05, 3.63) is 18.2 Å². The Bertz CT molecular complexity index is 465. The van der Waals surface area contributed by atoms with Gasteiger partial charge in [0.05, 0.1) is 19.5 Å². The lowest BCUT2D eigenvalue weighted by Gasteiger charge is -2.17. The Balaban J connectivity index is 2.65. The molecule has 1 aromatic rings. The summed E-state index contributed by atoms with van der Waals surface area (Å²) in [4.78, 5) is 13.1. The Labute approximate surface area is 131 Å². The van der Waals surface area contributed by atoms with Gasteiger partial charge in [-0.15, -0.1) is 11.8 Å². The van der Waals surface area contributed by atoms with E-state index in [1.54, 1.807) is 14.2 Å². The van der Waals surface area contributed by atoms with Gasteiger partial charge in [0.1, 0.15) is 0 Å². The second-order valence-corrected chi connectivity index (χ2v) is 6.39. The summed E-state index contributed by atoms with van der Waals surface area (Å²) in [6, 6.07) is 5.90. The molecule has 0 bridgehead atoms. The smallest absolute Gasteiger partial charge is 0.233 e. The van der Waals surface area contributed by atoms with Gasteiger partial charge in [-0.3, -0.25) is 4.79 Å². The van der Waals surface area contributed by atoms with Crippen LogP contribution in [0.5, 0.6) is 11.5 Å². The summed E-state index contributed by atoms with van der Waals surface area (Å²) in [7, 11) is 3.21. The topological polar surface area (TPSA) is 47.6 Å². The van der Waals surface area contributed by atoms with Crippen LogP contribution in [0.2, 0.25) is 0 Å². The normalized spacial score (nSPS) is 13.4. The first-order valence-electron chi connectivity index (χ1n) is 7.20. The average molecular weight is 311 g/mol. The van der Waals surface area contributed by atoms with E-state index in [2.05, 4.69) is 12.2 Å². The van der Waals surface area contributed by atoms with E-state index in [9.17, 15) is 4.79 Å². The van der Waals surface area contributed by atoms with Gasteiger partial charge in [0.15, 0.2) is 11.5 Å². The first kappa shape index (κ1) is 17.7. The van der Waals surface area contributed by atoms with Crippen molar-refractivity contribution in [2.45, 2.75) is 49.8 Å². The number of carbonyl (C=O) groups is 1. The van der Waals surface area contributed by atoms with E-state index in [4.69, 9.17) is 9.47 Å². The van der Waals surface area contributed by atoms with Gasteiger partial charge in [0.2, 0.25) is 5.91 Å². The minimum Gasteiger partial charge on any atom is -0.493 e. The zero-order chi connectivity index (χ0) is 15.8. The Morgan fingerprint density at radius 1 is 1.24 bits per heavy atom. The number of thioether (sulfide) groups is 1. The highest BCUT2D eigenvalue weighted by Crippen LogP contribution is 2.33. The van der Waals surface area contributed by atoms with Crippen LogP contribution in [0.1, 0.15) is 33.6 Å². The maximum Gasteiger partial charge on any atom is 0.233 e. The lowest BCUT2D eigenvalue weighted by molar-refractivity contribution is -0.120. The molecule has 5 heteroatoms. The second kappa shape index (κ2) is 8.82. The van der Waals surface area contributed by atoms with Gasteiger partial charge < -0.3 is 14.8 Å². The van der Waals surface area contributed by atoms with Gasteiger partial charge in [-0.1, -0.05) is 13.3 Å². The van der Waals surface area contributed by atoms with Crippen LogP contribution in [0.3, 0.4) is 0 Å². The Hall–Kier alpha value is -1.36. The Morgan fingerprint density at radius 2 is 1.90 bits per heavy atom. The molecule has 1 amide bonds. The van der Waals surface area contributed by atoms with Crippen molar-refractivity contribution in [2.75, 3.05) is 14.2 Å². The number of carbonyl (C=O) groups excluding carboxylic acids is 1. The van der Waals surface area contributed by atoms with Crippen LogP contribution in [0.4, 0.5) is 0 Å². The molecule has 2 atom stereocenters. The lowest BCUT2D eigenvalue weighted by Crippen LogP contribution is -2.37. The van der Waals surface area contributed by atoms with Gasteiger partial charge in [-0.2, -0.15) is 0 Å². The maximum absolute atomic E-state index is 12.1. The quantitative estimate of drug-likeness (QED) is 0.747. The van der Waals surface area contributed by atoms with Crippen molar-refractivity contribution in [1.82, 2.24) is 5.32 Å². The monoisotopic (exact) mass is 311 g/mol. The standard InChI is InChI=1S/C16H25NO3S/c1-6-7-11(2)17-16(18)12(3)21-13-8-9-14(19-4)15(10-13)20-5/h8-12H,6-7H2,1-5H3,(H,17,18). The molecular formula is C16H25NO3S. The van der Waals surface area contributed by atoms with Crippen molar-refractivity contribution in [3.63, 3.8) is 0 Å². The third kappa shape index (κ3) is 5.50. The summed E-state index contributed by atoms with van der Waals surface area (Å²) in [6.45, 7) is 6.06. The highest BCUT2D eigenvalue weighted by atomic mass is 32.2. The van der Waals surface area contributed by atoms with E-state index in [1.165, 1.54) is 11.8 Å². The number of ether oxygens (including phenoxy) is 2. The third-order valence-corrected chi connectivity index (χ3v) is 4.24. The summed E-state index contributed by atoms with van der Waals surface area (Å²) in [5.41, 5.74) is 0. The van der Waals surface area contributed by atoms with E-state index in [1.807, 2.05) is 32.0 Å². The molecule has 1 aromatic carbocycles. The fourth-order valence-electron chi connectivity index (χ4n) is 2.01. The fraction of sp³-hybridized carbons (Fsp3) is 0.562. The zero-order valence-corrected chi connectivity index (χ0v) is 14.3. The molecule has 118 valence electrons. The van der Waals surface area contributed by atoms with Gasteiger partial charge in [0, 0.05) is 10.9 Å². The van der Waals surface area contributed by atoms with Crippen LogP contribution >= 0.6 is 11.8 Å². The first-order valence-corrected chi connectivity index (χ1v) is 8.08. The van der Waals surface area contributed by atoms with Crippen LogP contribution in [0, 0.1) is 0 Å². The van der Waals surface area contributed by atoms with E-state index in [0.29, 0.717) is 11.5 Å². The molecule has 0 spiro atoms. The molecule has 0 aromatic heterocycles. The molecule has 1 rings (SSSR count). The molecule has 0 saturated heterocycles. The molecule has 0 aliphatic heterocycles. The van der Waals surface area contributed by atoms with E-state index >= 15 is 0 Å². The van der Waals surface area contributed by atoms with Crippen LogP contribution in [0.15, 0.2) is 23.1 Å². The number of benzene rings is 1. The number of amides is 1. The number of hydrogen-bond donors (Lipinski definition) is 1. The van der Waals surface area contributed by atoms with Gasteiger partial charge in [-0.05, 0) is 38.5 Å². The summed E-state index contributed by atoms with van der Waals surface area (Å²) in [6.07, 6.45) is 2.07. The predicted molar refractivity (Wildman–Crippen MR) is 87.4 cm³/mol. The summed E-state index contributed by atoms with van der Waals surface area (Å²) in [5, 5.41) is 2.89. The SMILES string of the molecule is CCCC(C)NC(=O)C(C)Sc1ccc(OC)c(OC)c1. The molecule has 0 radical (unpaired) electrons. The number of rotatable bonds is 8. The molecule has 0 saturated carbocycles. The van der Waals surface area contributed by atoms with Crippen LogP contribution < -0.4 is 14.8 Å². The minimum atomic E-state index is -0.151. The van der Waals surface area contributed by atoms with Crippen LogP contribution in [0.25, 0.3) is 0 Å². The molecule has 0 aliphatic rings. The van der Waals surface area contributed by atoms with Crippen molar-refractivity contribution in [2.24, 2.45) is 0 Å². The van der Waals surface area contributed by atoms with Crippen molar-refractivity contribution < 1.29 is 14.3 Å². The highest BCUT2D eigenvalue weighted by Gasteiger charge is 2.17. The van der Waals surface area contributed by atoms with Gasteiger partial charge >= 0.3 is 0 Å². The van der Waals surface area contributed by atoms with Gasteiger partial charge in [0.25, 0.3) is 0 Å². The average Bonchev–Trinajstić information content (AvgIpc) is 2.47. The van der Waals surface area contributed by atoms with E-state index in [0.717, 1.165) is 17.7 Å². The molecular weight excluding hydrogens is 286 g/mol. The molecule has 0 aliphatic carbocycles. The van der Waals surface area contributed by atoms with E-state index < -0.39 is 0 Å². The first-order chi connectivity index (χ1) is 10.0. The molecule has 1 N–H and O–H groups in total. The lowest BCUT2D eigenvalue weighted by atomic mass is 10.2. The summed E-state index contributed by atoms with van der Waals surface area (Å²) in [5.74, 6) is 1.43. The Morgan fingerprint density at radius 3 is 2.48 bits per heavy atom.